The lowest BCUT2D eigenvalue weighted by molar-refractivity contribution is -0.120. The van der Waals surface area contributed by atoms with Crippen LogP contribution in [0.15, 0.2) is 29.2 Å². The van der Waals surface area contributed by atoms with E-state index >= 15 is 0 Å². The van der Waals surface area contributed by atoms with Crippen molar-refractivity contribution in [2.75, 3.05) is 6.54 Å². The van der Waals surface area contributed by atoms with Gasteiger partial charge in [-0.05, 0) is 42.4 Å². The third-order valence-corrected chi connectivity index (χ3v) is 4.32. The first kappa shape index (κ1) is 14.4. The molecular weight excluding hydrogens is 254 g/mol. The Bertz CT molecular complexity index is 407. The molecule has 0 aromatic heterocycles. The second-order valence-electron chi connectivity index (χ2n) is 5.77. The number of hydrogen-bond acceptors (Lipinski definition) is 2. The normalized spacial score (nSPS) is 23.1. The number of carbonyl (C=O) groups is 1. The lowest BCUT2D eigenvalue weighted by Crippen LogP contribution is -2.32. The van der Waals surface area contributed by atoms with Crippen LogP contribution in [-0.2, 0) is 11.2 Å². The van der Waals surface area contributed by atoms with Crippen LogP contribution in [0.1, 0.15) is 38.2 Å². The van der Waals surface area contributed by atoms with Gasteiger partial charge in [-0.1, -0.05) is 31.9 Å². The van der Waals surface area contributed by atoms with Gasteiger partial charge in [-0.2, -0.15) is 0 Å². The molecule has 1 saturated carbocycles. The van der Waals surface area contributed by atoms with Crippen LogP contribution in [0.25, 0.3) is 0 Å². The summed E-state index contributed by atoms with van der Waals surface area (Å²) in [6.07, 6.45) is 5.61. The molecule has 1 aliphatic carbocycles. The number of carbonyl (C=O) groups excluding carboxylic acids is 1. The number of thiol groups is 1. The van der Waals surface area contributed by atoms with Gasteiger partial charge in [0.1, 0.15) is 0 Å². The zero-order valence-electron chi connectivity index (χ0n) is 11.6. The zero-order chi connectivity index (χ0) is 13.7. The molecule has 1 N–H and O–H groups in total. The fraction of sp³-hybridized carbons (Fsp3) is 0.562. The van der Waals surface area contributed by atoms with E-state index in [1.165, 1.54) is 25.7 Å². The predicted molar refractivity (Wildman–Crippen MR) is 81.5 cm³/mol. The molecule has 2 rings (SSSR count). The van der Waals surface area contributed by atoms with Crippen molar-refractivity contribution in [3.05, 3.63) is 29.8 Å². The van der Waals surface area contributed by atoms with Crippen molar-refractivity contribution < 1.29 is 4.79 Å². The topological polar surface area (TPSA) is 29.1 Å². The van der Waals surface area contributed by atoms with Crippen LogP contribution < -0.4 is 5.32 Å². The van der Waals surface area contributed by atoms with Gasteiger partial charge in [-0.25, -0.2) is 0 Å². The molecule has 1 aromatic carbocycles. The van der Waals surface area contributed by atoms with E-state index in [4.69, 9.17) is 0 Å². The van der Waals surface area contributed by atoms with Gasteiger partial charge in [-0.15, -0.1) is 12.6 Å². The van der Waals surface area contributed by atoms with Gasteiger partial charge >= 0.3 is 0 Å². The van der Waals surface area contributed by atoms with E-state index in [9.17, 15) is 4.79 Å². The molecule has 0 atom stereocenters. The third-order valence-electron chi connectivity index (χ3n) is 4.02. The van der Waals surface area contributed by atoms with E-state index in [0.29, 0.717) is 12.3 Å². The van der Waals surface area contributed by atoms with E-state index < -0.39 is 0 Å². The highest BCUT2D eigenvalue weighted by molar-refractivity contribution is 7.80. The van der Waals surface area contributed by atoms with Crippen LogP contribution in [-0.4, -0.2) is 12.5 Å². The maximum absolute atomic E-state index is 11.9. The summed E-state index contributed by atoms with van der Waals surface area (Å²) < 4.78 is 0. The smallest absolute Gasteiger partial charge is 0.224 e. The summed E-state index contributed by atoms with van der Waals surface area (Å²) in [6, 6.07) is 7.77. The molecule has 1 fully saturated rings. The molecule has 0 aliphatic heterocycles. The van der Waals surface area contributed by atoms with Gasteiger partial charge in [0.2, 0.25) is 5.91 Å². The van der Waals surface area contributed by atoms with Gasteiger partial charge in [0.15, 0.2) is 0 Å². The minimum absolute atomic E-state index is 0.130. The van der Waals surface area contributed by atoms with Crippen molar-refractivity contribution >= 4 is 18.5 Å². The molecule has 0 saturated heterocycles. The first-order valence-electron chi connectivity index (χ1n) is 7.18. The minimum Gasteiger partial charge on any atom is -0.356 e. The largest absolute Gasteiger partial charge is 0.356 e. The van der Waals surface area contributed by atoms with Gasteiger partial charge in [0, 0.05) is 11.4 Å². The molecule has 0 heterocycles. The number of nitrogens with one attached hydrogen (secondary N) is 1. The highest BCUT2D eigenvalue weighted by atomic mass is 32.1. The average Bonchev–Trinajstić information content (AvgIpc) is 2.41. The number of benzene rings is 1. The van der Waals surface area contributed by atoms with Crippen LogP contribution in [0.3, 0.4) is 0 Å². The van der Waals surface area contributed by atoms with Gasteiger partial charge < -0.3 is 5.32 Å². The Hall–Kier alpha value is -0.960. The summed E-state index contributed by atoms with van der Waals surface area (Å²) in [7, 11) is 0. The van der Waals surface area contributed by atoms with E-state index in [-0.39, 0.29) is 5.91 Å². The molecule has 0 radical (unpaired) electrons. The summed E-state index contributed by atoms with van der Waals surface area (Å²) >= 11 is 4.24. The number of amides is 1. The zero-order valence-corrected chi connectivity index (χ0v) is 12.5. The van der Waals surface area contributed by atoms with Gasteiger partial charge in [0.25, 0.3) is 0 Å². The summed E-state index contributed by atoms with van der Waals surface area (Å²) in [5.74, 6) is 1.68. The first-order chi connectivity index (χ1) is 9.13. The monoisotopic (exact) mass is 277 g/mol. The fourth-order valence-electron chi connectivity index (χ4n) is 2.65. The second kappa shape index (κ2) is 6.99. The molecule has 1 amide bonds. The summed E-state index contributed by atoms with van der Waals surface area (Å²) in [5, 5.41) is 3.07. The summed E-state index contributed by atoms with van der Waals surface area (Å²) in [4.78, 5) is 12.8. The average molecular weight is 277 g/mol. The molecule has 1 aromatic rings. The Morgan fingerprint density at radius 3 is 2.47 bits per heavy atom. The Kier molecular flexibility index (Phi) is 5.32. The quantitative estimate of drug-likeness (QED) is 0.811. The van der Waals surface area contributed by atoms with Crippen LogP contribution in [0, 0.1) is 11.8 Å². The molecule has 104 valence electrons. The van der Waals surface area contributed by atoms with Crippen molar-refractivity contribution in [3.63, 3.8) is 0 Å². The van der Waals surface area contributed by atoms with Crippen molar-refractivity contribution in [2.24, 2.45) is 11.8 Å². The maximum Gasteiger partial charge on any atom is 0.224 e. The molecule has 2 nitrogen and oxygen atoms in total. The summed E-state index contributed by atoms with van der Waals surface area (Å²) in [6.45, 7) is 3.16. The Morgan fingerprint density at radius 2 is 1.84 bits per heavy atom. The molecule has 1 aliphatic rings. The maximum atomic E-state index is 11.9. The highest BCUT2D eigenvalue weighted by Gasteiger charge is 2.18. The van der Waals surface area contributed by atoms with Crippen molar-refractivity contribution in [1.29, 1.82) is 0 Å². The lowest BCUT2D eigenvalue weighted by atomic mass is 9.83. The Morgan fingerprint density at radius 1 is 1.21 bits per heavy atom. The minimum atomic E-state index is 0.130. The highest BCUT2D eigenvalue weighted by Crippen LogP contribution is 2.27. The molecule has 0 bridgehead atoms. The van der Waals surface area contributed by atoms with Crippen molar-refractivity contribution in [2.45, 2.75) is 43.9 Å². The lowest BCUT2D eigenvalue weighted by Gasteiger charge is -2.26. The second-order valence-corrected chi connectivity index (χ2v) is 6.29. The van der Waals surface area contributed by atoms with Gasteiger partial charge in [0.05, 0.1) is 6.42 Å². The standard InChI is InChI=1S/C16H23NOS/c1-12-2-4-14(5-3-12)11-17-16(18)10-13-6-8-15(19)9-7-13/h6-9,12,14,19H,2-5,10-11H2,1H3,(H,17,18). The van der Waals surface area contributed by atoms with E-state index in [2.05, 4.69) is 24.9 Å². The van der Waals surface area contributed by atoms with E-state index in [1.54, 1.807) is 0 Å². The van der Waals surface area contributed by atoms with E-state index in [1.807, 2.05) is 24.3 Å². The molecule has 0 spiro atoms. The number of hydrogen-bond donors (Lipinski definition) is 2. The third kappa shape index (κ3) is 4.90. The van der Waals surface area contributed by atoms with Crippen LogP contribution in [0.5, 0.6) is 0 Å². The molecule has 0 unspecified atom stereocenters. The molecule has 3 heteroatoms. The van der Waals surface area contributed by atoms with Crippen LogP contribution >= 0.6 is 12.6 Å². The van der Waals surface area contributed by atoms with Crippen molar-refractivity contribution in [1.82, 2.24) is 5.32 Å². The number of rotatable bonds is 4. The molecular formula is C16H23NOS. The summed E-state index contributed by atoms with van der Waals surface area (Å²) in [5.41, 5.74) is 1.05. The SMILES string of the molecule is CC1CCC(CNC(=O)Cc2ccc(S)cc2)CC1. The Labute approximate surface area is 121 Å². The van der Waals surface area contributed by atoms with Crippen LogP contribution in [0.2, 0.25) is 0 Å². The molecule has 19 heavy (non-hydrogen) atoms. The first-order valence-corrected chi connectivity index (χ1v) is 7.63. The fourth-order valence-corrected chi connectivity index (χ4v) is 2.80. The van der Waals surface area contributed by atoms with E-state index in [0.717, 1.165) is 22.9 Å². The Balaban J connectivity index is 1.71. The van der Waals surface area contributed by atoms with Crippen LogP contribution in [0.4, 0.5) is 0 Å². The predicted octanol–water partition coefficient (Wildman–Crippen LogP) is 3.46. The van der Waals surface area contributed by atoms with Gasteiger partial charge in [-0.3, -0.25) is 4.79 Å². The van der Waals surface area contributed by atoms with Crippen molar-refractivity contribution in [3.8, 4) is 0 Å².